The lowest BCUT2D eigenvalue weighted by atomic mass is 10.0. The summed E-state index contributed by atoms with van der Waals surface area (Å²) in [6.45, 7) is 10.3. The number of aromatic nitrogens is 4. The molecule has 1 aliphatic heterocycles. The molecule has 0 bridgehead atoms. The van der Waals surface area contributed by atoms with Crippen molar-refractivity contribution in [2.75, 3.05) is 31.1 Å². The fourth-order valence-electron chi connectivity index (χ4n) is 3.88. The Morgan fingerprint density at radius 3 is 2.04 bits per heavy atom. The van der Waals surface area contributed by atoms with Crippen LogP contribution in [0.2, 0.25) is 0 Å². The molecule has 1 unspecified atom stereocenters. The number of tetrazole rings is 1. The number of para-hydroxylation sites is 1. The van der Waals surface area contributed by atoms with Crippen LogP contribution in [-0.2, 0) is 5.54 Å². The smallest absolute Gasteiger partial charge is 0.173 e. The molecule has 3 aromatic rings. The number of hydrogen-bond donors (Lipinski definition) is 0. The van der Waals surface area contributed by atoms with Crippen LogP contribution >= 0.6 is 0 Å². The van der Waals surface area contributed by atoms with Gasteiger partial charge in [-0.25, -0.2) is 4.68 Å². The van der Waals surface area contributed by atoms with E-state index in [2.05, 4.69) is 107 Å². The predicted molar refractivity (Wildman–Crippen MR) is 111 cm³/mol. The average molecular weight is 377 g/mol. The Hall–Kier alpha value is -2.73. The lowest BCUT2D eigenvalue weighted by Crippen LogP contribution is -2.48. The lowest BCUT2D eigenvalue weighted by Gasteiger charge is -2.40. The molecule has 146 valence electrons. The van der Waals surface area contributed by atoms with Gasteiger partial charge in [0.1, 0.15) is 0 Å². The van der Waals surface area contributed by atoms with Crippen molar-refractivity contribution in [2.45, 2.75) is 32.4 Å². The van der Waals surface area contributed by atoms with Crippen molar-refractivity contribution in [3.05, 3.63) is 72.1 Å². The van der Waals surface area contributed by atoms with Crippen molar-refractivity contribution in [1.29, 1.82) is 0 Å². The Kier molecular flexibility index (Phi) is 5.13. The summed E-state index contributed by atoms with van der Waals surface area (Å²) in [4.78, 5) is 4.95. The van der Waals surface area contributed by atoms with Crippen LogP contribution in [0.5, 0.6) is 0 Å². The third-order valence-corrected chi connectivity index (χ3v) is 5.29. The summed E-state index contributed by atoms with van der Waals surface area (Å²) < 4.78 is 1.97. The number of anilines is 1. The Bertz CT molecular complexity index is 876. The minimum Gasteiger partial charge on any atom is -0.369 e. The van der Waals surface area contributed by atoms with Crippen LogP contribution in [0.3, 0.4) is 0 Å². The molecule has 2 aromatic carbocycles. The van der Waals surface area contributed by atoms with E-state index in [4.69, 9.17) is 0 Å². The third-order valence-electron chi connectivity index (χ3n) is 5.29. The lowest BCUT2D eigenvalue weighted by molar-refractivity contribution is 0.191. The SMILES string of the molecule is CC(C)(C)n1nnnc1C(c1ccccc1)N1CCN(c2ccccc2)CC1. The van der Waals surface area contributed by atoms with Crippen molar-refractivity contribution in [3.63, 3.8) is 0 Å². The molecule has 0 N–H and O–H groups in total. The van der Waals surface area contributed by atoms with Crippen LogP contribution in [0, 0.1) is 0 Å². The summed E-state index contributed by atoms with van der Waals surface area (Å²) >= 11 is 0. The largest absolute Gasteiger partial charge is 0.369 e. The molecule has 0 amide bonds. The van der Waals surface area contributed by atoms with Gasteiger partial charge in [-0.15, -0.1) is 5.10 Å². The van der Waals surface area contributed by atoms with Gasteiger partial charge < -0.3 is 4.90 Å². The second kappa shape index (κ2) is 7.72. The predicted octanol–water partition coefficient (Wildman–Crippen LogP) is 3.34. The van der Waals surface area contributed by atoms with Crippen molar-refractivity contribution >= 4 is 5.69 Å². The molecule has 0 spiro atoms. The van der Waals surface area contributed by atoms with Gasteiger partial charge in [0.2, 0.25) is 0 Å². The van der Waals surface area contributed by atoms with Gasteiger partial charge in [-0.05, 0) is 48.9 Å². The van der Waals surface area contributed by atoms with Gasteiger partial charge in [-0.2, -0.15) is 0 Å². The van der Waals surface area contributed by atoms with E-state index in [-0.39, 0.29) is 11.6 Å². The molecule has 6 heteroatoms. The average Bonchev–Trinajstić information content (AvgIpc) is 3.20. The van der Waals surface area contributed by atoms with Gasteiger partial charge in [0.05, 0.1) is 11.6 Å². The minimum absolute atomic E-state index is 0.0494. The molecule has 4 rings (SSSR count). The molecule has 0 radical (unpaired) electrons. The highest BCUT2D eigenvalue weighted by atomic mass is 15.6. The molecule has 1 aliphatic rings. The summed E-state index contributed by atoms with van der Waals surface area (Å²) in [6.07, 6.45) is 0. The van der Waals surface area contributed by atoms with Gasteiger partial charge in [-0.1, -0.05) is 48.5 Å². The second-order valence-corrected chi connectivity index (χ2v) is 8.29. The monoisotopic (exact) mass is 376 g/mol. The van der Waals surface area contributed by atoms with E-state index in [1.807, 2.05) is 4.68 Å². The molecule has 1 fully saturated rings. The summed E-state index contributed by atoms with van der Waals surface area (Å²) in [6, 6.07) is 21.3. The summed E-state index contributed by atoms with van der Waals surface area (Å²) in [7, 11) is 0. The van der Waals surface area contributed by atoms with Crippen LogP contribution in [0.25, 0.3) is 0 Å². The molecule has 1 aromatic heterocycles. The maximum atomic E-state index is 4.46. The van der Waals surface area contributed by atoms with E-state index in [0.29, 0.717) is 0 Å². The normalized spacial score (nSPS) is 16.9. The van der Waals surface area contributed by atoms with Gasteiger partial charge in [0.15, 0.2) is 5.82 Å². The Morgan fingerprint density at radius 2 is 1.43 bits per heavy atom. The standard InChI is InChI=1S/C22H28N6/c1-22(2,3)28-21(23-24-25-28)20(18-10-6-4-7-11-18)27-16-14-26(15-17-27)19-12-8-5-9-13-19/h4-13,20H,14-17H2,1-3H3. The van der Waals surface area contributed by atoms with E-state index in [1.165, 1.54) is 11.3 Å². The highest BCUT2D eigenvalue weighted by molar-refractivity contribution is 5.46. The van der Waals surface area contributed by atoms with Crippen LogP contribution in [-0.4, -0.2) is 51.3 Å². The van der Waals surface area contributed by atoms with E-state index in [1.54, 1.807) is 0 Å². The van der Waals surface area contributed by atoms with Gasteiger partial charge in [-0.3, -0.25) is 4.90 Å². The molecule has 1 saturated heterocycles. The fourth-order valence-corrected chi connectivity index (χ4v) is 3.88. The molecule has 28 heavy (non-hydrogen) atoms. The molecule has 2 heterocycles. The Balaban J connectivity index is 1.62. The zero-order chi connectivity index (χ0) is 19.6. The number of benzene rings is 2. The van der Waals surface area contributed by atoms with E-state index < -0.39 is 0 Å². The van der Waals surface area contributed by atoms with Crippen molar-refractivity contribution in [3.8, 4) is 0 Å². The summed E-state index contributed by atoms with van der Waals surface area (Å²) in [5, 5.41) is 12.8. The van der Waals surface area contributed by atoms with E-state index in [0.717, 1.165) is 32.0 Å². The molecule has 0 saturated carbocycles. The van der Waals surface area contributed by atoms with Gasteiger partial charge in [0, 0.05) is 31.9 Å². The maximum Gasteiger partial charge on any atom is 0.173 e. The zero-order valence-corrected chi connectivity index (χ0v) is 16.9. The fraction of sp³-hybridized carbons (Fsp3) is 0.409. The molecular formula is C22H28N6. The quantitative estimate of drug-likeness (QED) is 0.699. The number of piperazine rings is 1. The zero-order valence-electron chi connectivity index (χ0n) is 16.9. The van der Waals surface area contributed by atoms with Crippen molar-refractivity contribution in [1.82, 2.24) is 25.1 Å². The Labute approximate surface area is 166 Å². The van der Waals surface area contributed by atoms with Crippen molar-refractivity contribution < 1.29 is 0 Å². The number of rotatable bonds is 4. The van der Waals surface area contributed by atoms with Gasteiger partial charge >= 0.3 is 0 Å². The maximum absolute atomic E-state index is 4.46. The number of hydrogen-bond acceptors (Lipinski definition) is 5. The first-order chi connectivity index (χ1) is 13.5. The summed E-state index contributed by atoms with van der Waals surface area (Å²) in [5.41, 5.74) is 2.35. The first kappa shape index (κ1) is 18.6. The molecule has 0 aliphatic carbocycles. The first-order valence-electron chi connectivity index (χ1n) is 9.92. The number of nitrogens with zero attached hydrogens (tertiary/aromatic N) is 6. The minimum atomic E-state index is -0.169. The summed E-state index contributed by atoms with van der Waals surface area (Å²) in [5.74, 6) is 0.909. The van der Waals surface area contributed by atoms with Crippen LogP contribution in [0.15, 0.2) is 60.7 Å². The molecule has 6 nitrogen and oxygen atoms in total. The Morgan fingerprint density at radius 1 is 0.821 bits per heavy atom. The topological polar surface area (TPSA) is 50.1 Å². The second-order valence-electron chi connectivity index (χ2n) is 8.29. The third kappa shape index (κ3) is 3.78. The molecule has 1 atom stereocenters. The highest BCUT2D eigenvalue weighted by Gasteiger charge is 2.33. The van der Waals surface area contributed by atoms with E-state index >= 15 is 0 Å². The van der Waals surface area contributed by atoms with Crippen LogP contribution in [0.1, 0.15) is 38.2 Å². The first-order valence-corrected chi connectivity index (χ1v) is 9.92. The van der Waals surface area contributed by atoms with Crippen LogP contribution < -0.4 is 4.90 Å². The highest BCUT2D eigenvalue weighted by Crippen LogP contribution is 2.31. The molecular weight excluding hydrogens is 348 g/mol. The van der Waals surface area contributed by atoms with Crippen molar-refractivity contribution in [2.24, 2.45) is 0 Å². The van der Waals surface area contributed by atoms with E-state index in [9.17, 15) is 0 Å². The van der Waals surface area contributed by atoms with Crippen LogP contribution in [0.4, 0.5) is 5.69 Å². The van der Waals surface area contributed by atoms with Gasteiger partial charge in [0.25, 0.3) is 0 Å².